The summed E-state index contributed by atoms with van der Waals surface area (Å²) in [5.74, 6) is 0. The number of hydrogen-bond acceptors (Lipinski definition) is 7. The normalized spacial score (nSPS) is 11.1. The second kappa shape index (κ2) is 9.88. The lowest BCUT2D eigenvalue weighted by atomic mass is 10.2. The Hall–Kier alpha value is -2.28. The Bertz CT molecular complexity index is 705. The highest BCUT2D eigenvalue weighted by molar-refractivity contribution is 7.16. The number of aldehydes is 1. The monoisotopic (exact) mass is 359 g/mol. The minimum absolute atomic E-state index is 0.443. The second-order valence-corrected chi connectivity index (χ2v) is 6.84. The van der Waals surface area contributed by atoms with Crippen LogP contribution in [0.1, 0.15) is 49.2 Å². The van der Waals surface area contributed by atoms with E-state index in [2.05, 4.69) is 34.0 Å². The van der Waals surface area contributed by atoms with Crippen LogP contribution >= 0.6 is 11.3 Å². The summed E-state index contributed by atoms with van der Waals surface area (Å²) < 4.78 is 0. The van der Waals surface area contributed by atoms with E-state index in [-0.39, 0.29) is 0 Å². The lowest BCUT2D eigenvalue weighted by Crippen LogP contribution is -2.25. The second-order valence-electron chi connectivity index (χ2n) is 5.80. The number of azo groups is 1. The highest BCUT2D eigenvalue weighted by atomic mass is 32.1. The van der Waals surface area contributed by atoms with Gasteiger partial charge in [-0.25, -0.2) is 4.98 Å². The van der Waals surface area contributed by atoms with Gasteiger partial charge in [0.2, 0.25) is 5.13 Å². The first-order valence-electron chi connectivity index (χ1n) is 8.65. The molecule has 1 heterocycles. The van der Waals surface area contributed by atoms with Crippen LogP contribution in [0.25, 0.3) is 0 Å². The molecule has 0 atom stereocenters. The molecule has 0 saturated heterocycles. The van der Waals surface area contributed by atoms with Crippen LogP contribution in [-0.2, 0) is 0 Å². The van der Waals surface area contributed by atoms with Crippen LogP contribution in [0.15, 0.2) is 34.6 Å². The largest absolute Gasteiger partial charge is 0.397 e. The van der Waals surface area contributed by atoms with Crippen molar-refractivity contribution in [3.8, 4) is 0 Å². The first kappa shape index (κ1) is 19.1. The van der Waals surface area contributed by atoms with Crippen LogP contribution in [0.3, 0.4) is 0 Å². The molecule has 0 unspecified atom stereocenters. The number of benzene rings is 1. The minimum Gasteiger partial charge on any atom is -0.397 e. The van der Waals surface area contributed by atoms with Gasteiger partial charge in [-0.1, -0.05) is 38.0 Å². The fourth-order valence-corrected chi connectivity index (χ4v) is 2.92. The van der Waals surface area contributed by atoms with Gasteiger partial charge in [0.25, 0.3) is 0 Å². The van der Waals surface area contributed by atoms with Gasteiger partial charge >= 0.3 is 0 Å². The summed E-state index contributed by atoms with van der Waals surface area (Å²) in [4.78, 5) is 17.6. The van der Waals surface area contributed by atoms with Crippen molar-refractivity contribution in [3.05, 3.63) is 29.3 Å². The maximum absolute atomic E-state index is 10.7. The molecule has 1 aromatic heterocycles. The number of carbonyl (C=O) groups excluding carboxylic acids is 1. The van der Waals surface area contributed by atoms with Crippen LogP contribution < -0.4 is 10.6 Å². The van der Waals surface area contributed by atoms with Gasteiger partial charge in [0, 0.05) is 18.8 Å². The highest BCUT2D eigenvalue weighted by Crippen LogP contribution is 2.30. The lowest BCUT2D eigenvalue weighted by Gasteiger charge is -2.25. The molecule has 0 aliphatic rings. The van der Waals surface area contributed by atoms with Crippen molar-refractivity contribution < 1.29 is 4.79 Å². The molecule has 2 aromatic rings. The summed E-state index contributed by atoms with van der Waals surface area (Å²) in [6.45, 7) is 6.46. The molecular formula is C18H25N5OS. The number of thiazole rings is 1. The Morgan fingerprint density at radius 2 is 1.92 bits per heavy atom. The van der Waals surface area contributed by atoms with Crippen LogP contribution in [-0.4, -0.2) is 24.4 Å². The molecule has 7 heteroatoms. The number of nitrogen functional groups attached to an aromatic ring is 1. The molecule has 0 bridgehead atoms. The standard InChI is InChI=1S/C18H25N5OS/c1-3-5-9-23(10-6-4-2)14-7-8-17(16(19)11-14)21-22-18-20-12-15(13-24)25-18/h7-8,11-13H,3-6,9-10,19H2,1-2H3. The average molecular weight is 359 g/mol. The SMILES string of the molecule is CCCCN(CCCC)c1ccc(N=Nc2ncc(C=O)s2)c(N)c1. The van der Waals surface area contributed by atoms with E-state index in [1.165, 1.54) is 30.4 Å². The molecule has 25 heavy (non-hydrogen) atoms. The highest BCUT2D eigenvalue weighted by Gasteiger charge is 2.08. The molecule has 2 rings (SSSR count). The van der Waals surface area contributed by atoms with Crippen LogP contribution in [0, 0.1) is 0 Å². The van der Waals surface area contributed by atoms with Gasteiger partial charge in [-0.15, -0.1) is 10.2 Å². The molecule has 0 aliphatic carbocycles. The van der Waals surface area contributed by atoms with Gasteiger partial charge in [0.05, 0.1) is 16.8 Å². The number of rotatable bonds is 10. The van der Waals surface area contributed by atoms with E-state index in [1.807, 2.05) is 18.2 Å². The molecule has 0 aliphatic heterocycles. The van der Waals surface area contributed by atoms with Crippen molar-refractivity contribution >= 4 is 39.8 Å². The summed E-state index contributed by atoms with van der Waals surface area (Å²) in [6.07, 6.45) is 6.89. The number of carbonyl (C=O) groups is 1. The summed E-state index contributed by atoms with van der Waals surface area (Å²) >= 11 is 1.20. The summed E-state index contributed by atoms with van der Waals surface area (Å²) in [5.41, 5.74) is 8.48. The maximum Gasteiger partial charge on any atom is 0.230 e. The molecule has 6 nitrogen and oxygen atoms in total. The van der Waals surface area contributed by atoms with Crippen molar-refractivity contribution in [1.29, 1.82) is 0 Å². The zero-order valence-electron chi connectivity index (χ0n) is 14.8. The van der Waals surface area contributed by atoms with Crippen molar-refractivity contribution in [2.24, 2.45) is 10.2 Å². The van der Waals surface area contributed by atoms with Crippen LogP contribution in [0.2, 0.25) is 0 Å². The van der Waals surface area contributed by atoms with Gasteiger partial charge in [-0.3, -0.25) is 4.79 Å². The van der Waals surface area contributed by atoms with Gasteiger partial charge in [0.1, 0.15) is 5.69 Å². The molecule has 0 fully saturated rings. The van der Waals surface area contributed by atoms with Gasteiger partial charge in [-0.2, -0.15) is 0 Å². The zero-order valence-corrected chi connectivity index (χ0v) is 15.6. The number of anilines is 2. The maximum atomic E-state index is 10.7. The van der Waals surface area contributed by atoms with Crippen LogP contribution in [0.4, 0.5) is 22.2 Å². The Kier molecular flexibility index (Phi) is 7.53. The van der Waals surface area contributed by atoms with Gasteiger partial charge < -0.3 is 10.6 Å². The number of nitrogens with two attached hydrogens (primary N) is 1. The smallest absolute Gasteiger partial charge is 0.230 e. The Morgan fingerprint density at radius 3 is 2.48 bits per heavy atom. The Balaban J connectivity index is 2.13. The lowest BCUT2D eigenvalue weighted by molar-refractivity contribution is 0.112. The van der Waals surface area contributed by atoms with E-state index in [0.29, 0.717) is 21.4 Å². The first-order valence-corrected chi connectivity index (χ1v) is 9.46. The molecule has 0 saturated carbocycles. The van der Waals surface area contributed by atoms with Crippen molar-refractivity contribution in [2.75, 3.05) is 23.7 Å². The van der Waals surface area contributed by atoms with E-state index in [9.17, 15) is 4.79 Å². The predicted octanol–water partition coefficient (Wildman–Crippen LogP) is 5.36. The van der Waals surface area contributed by atoms with Crippen molar-refractivity contribution in [2.45, 2.75) is 39.5 Å². The third-order valence-corrected chi connectivity index (χ3v) is 4.62. The van der Waals surface area contributed by atoms with Crippen molar-refractivity contribution in [1.82, 2.24) is 4.98 Å². The van der Waals surface area contributed by atoms with E-state index in [4.69, 9.17) is 5.73 Å². The van der Waals surface area contributed by atoms with Gasteiger partial charge in [0.15, 0.2) is 6.29 Å². The molecule has 0 spiro atoms. The Morgan fingerprint density at radius 1 is 1.20 bits per heavy atom. The van der Waals surface area contributed by atoms with E-state index >= 15 is 0 Å². The zero-order chi connectivity index (χ0) is 18.1. The molecule has 0 radical (unpaired) electrons. The fraction of sp³-hybridized carbons (Fsp3) is 0.444. The molecule has 134 valence electrons. The summed E-state index contributed by atoms with van der Waals surface area (Å²) in [5, 5.41) is 8.66. The summed E-state index contributed by atoms with van der Waals surface area (Å²) in [7, 11) is 0. The average Bonchev–Trinajstić information content (AvgIpc) is 3.09. The van der Waals surface area contributed by atoms with E-state index in [0.717, 1.165) is 37.9 Å². The molecular weight excluding hydrogens is 334 g/mol. The van der Waals surface area contributed by atoms with E-state index in [1.54, 1.807) is 0 Å². The minimum atomic E-state index is 0.443. The van der Waals surface area contributed by atoms with E-state index < -0.39 is 0 Å². The molecule has 0 amide bonds. The van der Waals surface area contributed by atoms with Crippen molar-refractivity contribution in [3.63, 3.8) is 0 Å². The number of aromatic nitrogens is 1. The third kappa shape index (κ3) is 5.63. The third-order valence-electron chi connectivity index (χ3n) is 3.81. The molecule has 1 aromatic carbocycles. The van der Waals surface area contributed by atoms with Crippen LogP contribution in [0.5, 0.6) is 0 Å². The fourth-order valence-electron chi connectivity index (χ4n) is 2.37. The quantitative estimate of drug-likeness (QED) is 0.351. The molecule has 2 N–H and O–H groups in total. The summed E-state index contributed by atoms with van der Waals surface area (Å²) in [6, 6.07) is 5.88. The first-order chi connectivity index (χ1) is 12.2. The Labute approximate surface area is 152 Å². The number of hydrogen-bond donors (Lipinski definition) is 1. The number of nitrogens with zero attached hydrogens (tertiary/aromatic N) is 4. The topological polar surface area (TPSA) is 83.9 Å². The van der Waals surface area contributed by atoms with Gasteiger partial charge in [-0.05, 0) is 31.0 Å². The number of unbranched alkanes of at least 4 members (excludes halogenated alkanes) is 2. The predicted molar refractivity (Wildman–Crippen MR) is 105 cm³/mol.